The Morgan fingerprint density at radius 1 is 1.09 bits per heavy atom. The summed E-state index contributed by atoms with van der Waals surface area (Å²) < 4.78 is 7.88. The third-order valence-electron chi connectivity index (χ3n) is 6.24. The van der Waals surface area contributed by atoms with Crippen LogP contribution >= 0.6 is 24.0 Å². The molecule has 4 heterocycles. The standard InChI is InChI=1S/C26H26N4O3S2/c1-16-14-28(15-17(2)33-16)23-20(24(31)29-12-8-7-11-22(29)27-23)13-21-25(32)30(26(34)35-21)18(3)19-9-5-4-6-10-19/h4-13,16-18H,14-15H2,1-3H3/b21-13-/t16-,17-,18-/m0/s1. The van der Waals surface area contributed by atoms with Gasteiger partial charge in [0.15, 0.2) is 0 Å². The number of pyridine rings is 1. The van der Waals surface area contributed by atoms with E-state index in [1.807, 2.05) is 63.2 Å². The van der Waals surface area contributed by atoms with Crippen LogP contribution in [0, 0.1) is 0 Å². The number of anilines is 1. The Morgan fingerprint density at radius 2 is 1.77 bits per heavy atom. The molecule has 0 N–H and O–H groups in total. The number of ether oxygens (including phenoxy) is 1. The maximum Gasteiger partial charge on any atom is 0.267 e. The molecule has 1 aromatic carbocycles. The number of fused-ring (bicyclic) bond motifs is 1. The number of nitrogens with zero attached hydrogens (tertiary/aromatic N) is 4. The predicted octanol–water partition coefficient (Wildman–Crippen LogP) is 4.27. The zero-order valence-corrected chi connectivity index (χ0v) is 21.4. The van der Waals surface area contributed by atoms with E-state index in [1.54, 1.807) is 23.2 Å². The molecular weight excluding hydrogens is 480 g/mol. The van der Waals surface area contributed by atoms with E-state index < -0.39 is 0 Å². The number of aromatic nitrogens is 2. The Hall–Kier alpha value is -3.01. The molecule has 0 radical (unpaired) electrons. The molecule has 0 saturated carbocycles. The van der Waals surface area contributed by atoms with Crippen LogP contribution in [0.1, 0.15) is 37.9 Å². The maximum atomic E-state index is 13.6. The Bertz CT molecular complexity index is 1380. The summed E-state index contributed by atoms with van der Waals surface area (Å²) in [5.74, 6) is 0.355. The minimum absolute atomic E-state index is 0.00689. The second-order valence-corrected chi connectivity index (χ2v) is 10.6. The monoisotopic (exact) mass is 506 g/mol. The lowest BCUT2D eigenvalue weighted by Gasteiger charge is -2.36. The van der Waals surface area contributed by atoms with Gasteiger partial charge in [-0.25, -0.2) is 4.98 Å². The smallest absolute Gasteiger partial charge is 0.267 e. The summed E-state index contributed by atoms with van der Waals surface area (Å²) in [6, 6.07) is 15.0. The average Bonchev–Trinajstić information content (AvgIpc) is 3.12. The predicted molar refractivity (Wildman–Crippen MR) is 144 cm³/mol. The summed E-state index contributed by atoms with van der Waals surface area (Å²) in [5.41, 5.74) is 1.71. The zero-order valence-electron chi connectivity index (χ0n) is 19.7. The van der Waals surface area contributed by atoms with Gasteiger partial charge in [0.25, 0.3) is 11.5 Å². The van der Waals surface area contributed by atoms with Crippen LogP contribution in [0.5, 0.6) is 0 Å². The van der Waals surface area contributed by atoms with Crippen molar-refractivity contribution in [1.29, 1.82) is 0 Å². The van der Waals surface area contributed by atoms with Crippen LogP contribution in [0.15, 0.2) is 64.4 Å². The van der Waals surface area contributed by atoms with E-state index in [0.29, 0.717) is 39.3 Å². The van der Waals surface area contributed by atoms with Crippen molar-refractivity contribution in [3.63, 3.8) is 0 Å². The maximum absolute atomic E-state index is 13.6. The van der Waals surface area contributed by atoms with E-state index in [-0.39, 0.29) is 29.7 Å². The molecule has 2 aromatic heterocycles. The number of thiocarbonyl (C=S) groups is 1. The highest BCUT2D eigenvalue weighted by atomic mass is 32.2. The molecule has 0 unspecified atom stereocenters. The largest absolute Gasteiger partial charge is 0.372 e. The van der Waals surface area contributed by atoms with E-state index >= 15 is 0 Å². The molecule has 2 fully saturated rings. The van der Waals surface area contributed by atoms with Gasteiger partial charge in [-0.1, -0.05) is 60.4 Å². The highest BCUT2D eigenvalue weighted by molar-refractivity contribution is 8.26. The highest BCUT2D eigenvalue weighted by Gasteiger charge is 2.37. The van der Waals surface area contributed by atoms with Crippen molar-refractivity contribution >= 4 is 51.7 Å². The molecule has 5 rings (SSSR count). The third-order valence-corrected chi connectivity index (χ3v) is 7.57. The number of morpholine rings is 1. The van der Waals surface area contributed by atoms with Crippen LogP contribution in [-0.2, 0) is 9.53 Å². The number of thioether (sulfide) groups is 1. The van der Waals surface area contributed by atoms with Gasteiger partial charge in [-0.2, -0.15) is 0 Å². The van der Waals surface area contributed by atoms with E-state index in [9.17, 15) is 9.59 Å². The van der Waals surface area contributed by atoms with Crippen molar-refractivity contribution in [1.82, 2.24) is 14.3 Å². The molecule has 0 aliphatic carbocycles. The first-order valence-electron chi connectivity index (χ1n) is 11.6. The number of hydrogen-bond acceptors (Lipinski definition) is 7. The minimum atomic E-state index is -0.223. The molecule has 7 nitrogen and oxygen atoms in total. The van der Waals surface area contributed by atoms with Crippen molar-refractivity contribution in [2.24, 2.45) is 0 Å². The fourth-order valence-electron chi connectivity index (χ4n) is 4.63. The van der Waals surface area contributed by atoms with Crippen molar-refractivity contribution in [3.05, 3.63) is 81.1 Å². The number of rotatable bonds is 4. The van der Waals surface area contributed by atoms with Gasteiger partial charge >= 0.3 is 0 Å². The van der Waals surface area contributed by atoms with Gasteiger partial charge < -0.3 is 9.64 Å². The fraction of sp³-hybridized carbons (Fsp3) is 0.308. The van der Waals surface area contributed by atoms with Gasteiger partial charge in [0.2, 0.25) is 0 Å². The minimum Gasteiger partial charge on any atom is -0.372 e. The van der Waals surface area contributed by atoms with Crippen molar-refractivity contribution in [3.8, 4) is 0 Å². The molecule has 2 aliphatic heterocycles. The number of hydrogen-bond donors (Lipinski definition) is 0. The lowest BCUT2D eigenvalue weighted by atomic mass is 10.1. The summed E-state index contributed by atoms with van der Waals surface area (Å²) in [4.78, 5) is 36.1. The first kappa shape index (κ1) is 23.7. The lowest BCUT2D eigenvalue weighted by Crippen LogP contribution is -2.46. The van der Waals surface area contributed by atoms with Gasteiger partial charge in [0.05, 0.1) is 28.7 Å². The molecule has 2 aliphatic rings. The van der Waals surface area contributed by atoms with Crippen LogP contribution in [0.2, 0.25) is 0 Å². The second-order valence-electron chi connectivity index (χ2n) is 8.88. The van der Waals surface area contributed by atoms with Gasteiger partial charge in [0.1, 0.15) is 15.8 Å². The Morgan fingerprint density at radius 3 is 2.49 bits per heavy atom. The van der Waals surface area contributed by atoms with E-state index in [1.165, 1.54) is 16.2 Å². The molecule has 9 heteroatoms. The molecule has 35 heavy (non-hydrogen) atoms. The topological polar surface area (TPSA) is 67.2 Å². The molecular formula is C26H26N4O3S2. The normalized spacial score (nSPS) is 22.9. The van der Waals surface area contributed by atoms with Crippen molar-refractivity contribution in [2.45, 2.75) is 39.0 Å². The molecule has 0 spiro atoms. The van der Waals surface area contributed by atoms with Crippen LogP contribution in [0.4, 0.5) is 5.82 Å². The summed E-state index contributed by atoms with van der Waals surface area (Å²) in [6.45, 7) is 7.18. The second kappa shape index (κ2) is 9.56. The number of carbonyl (C=O) groups is 1. The van der Waals surface area contributed by atoms with E-state index in [2.05, 4.69) is 4.90 Å². The van der Waals surface area contributed by atoms with Gasteiger partial charge in [-0.15, -0.1) is 0 Å². The molecule has 3 atom stereocenters. The lowest BCUT2D eigenvalue weighted by molar-refractivity contribution is -0.123. The van der Waals surface area contributed by atoms with Crippen molar-refractivity contribution in [2.75, 3.05) is 18.0 Å². The number of carbonyl (C=O) groups excluding carboxylic acids is 1. The Kier molecular flexibility index (Phi) is 6.48. The molecule has 3 aromatic rings. The molecule has 2 saturated heterocycles. The summed E-state index contributed by atoms with van der Waals surface area (Å²) in [6.07, 6.45) is 3.34. The van der Waals surface area contributed by atoms with Crippen molar-refractivity contribution < 1.29 is 9.53 Å². The van der Waals surface area contributed by atoms with Gasteiger partial charge in [-0.3, -0.25) is 18.9 Å². The number of amides is 1. The Labute approximate surface area is 213 Å². The summed E-state index contributed by atoms with van der Waals surface area (Å²) in [7, 11) is 0. The highest BCUT2D eigenvalue weighted by Crippen LogP contribution is 2.38. The summed E-state index contributed by atoms with van der Waals surface area (Å²) >= 11 is 6.81. The van der Waals surface area contributed by atoms with Crippen LogP contribution < -0.4 is 10.5 Å². The van der Waals surface area contributed by atoms with Gasteiger partial charge in [0, 0.05) is 19.3 Å². The quantitative estimate of drug-likeness (QED) is 0.387. The first-order chi connectivity index (χ1) is 16.8. The van der Waals surface area contributed by atoms with E-state index in [0.717, 1.165) is 5.56 Å². The first-order valence-corrected chi connectivity index (χ1v) is 12.8. The number of benzene rings is 1. The van der Waals surface area contributed by atoms with E-state index in [4.69, 9.17) is 21.9 Å². The molecule has 0 bridgehead atoms. The van der Waals surface area contributed by atoms with Crippen LogP contribution in [0.25, 0.3) is 11.7 Å². The van der Waals surface area contributed by atoms with Gasteiger partial charge in [-0.05, 0) is 44.5 Å². The fourth-order valence-corrected chi connectivity index (χ4v) is 6.03. The third kappa shape index (κ3) is 4.51. The Balaban J connectivity index is 1.59. The van der Waals surface area contributed by atoms with Crippen LogP contribution in [-0.4, -0.2) is 49.8 Å². The summed E-state index contributed by atoms with van der Waals surface area (Å²) in [5, 5.41) is 0. The SMILES string of the molecule is C[C@H]1CN(c2nc3ccccn3c(=O)c2/C=C2\SC(=S)N([C@@H](C)c3ccccc3)C2=O)C[C@H](C)O1. The zero-order chi connectivity index (χ0) is 24.7. The molecule has 1 amide bonds. The molecule has 180 valence electrons. The average molecular weight is 507 g/mol. The van der Waals surface area contributed by atoms with Crippen LogP contribution in [0.3, 0.4) is 0 Å².